The first-order chi connectivity index (χ1) is 7.15. The van der Waals surface area contributed by atoms with Crippen molar-refractivity contribution in [1.29, 1.82) is 0 Å². The molecule has 0 bridgehead atoms. The molecule has 5 unspecified atom stereocenters. The third kappa shape index (κ3) is 3.23. The molecule has 15 heavy (non-hydrogen) atoms. The van der Waals surface area contributed by atoms with Gasteiger partial charge in [0.1, 0.15) is 0 Å². The highest BCUT2D eigenvalue weighted by Gasteiger charge is 2.38. The molecule has 88 valence electrons. The van der Waals surface area contributed by atoms with Gasteiger partial charge in [0.25, 0.3) is 0 Å². The van der Waals surface area contributed by atoms with Crippen molar-refractivity contribution >= 4 is 31.8 Å². The van der Waals surface area contributed by atoms with E-state index in [1.54, 1.807) is 0 Å². The number of nitrogens with zero attached hydrogens (tertiary/aromatic N) is 1. The average molecular weight is 263 g/mol. The Morgan fingerprint density at radius 3 is 2.07 bits per heavy atom. The fourth-order valence-electron chi connectivity index (χ4n) is 2.75. The Bertz CT molecular complexity index is 198. The van der Waals surface area contributed by atoms with E-state index in [1.807, 2.05) is 0 Å². The van der Waals surface area contributed by atoms with Gasteiger partial charge in [0, 0.05) is 6.04 Å². The van der Waals surface area contributed by atoms with Gasteiger partial charge in [-0.2, -0.15) is 0 Å². The lowest BCUT2D eigenvalue weighted by atomic mass is 9.99. The van der Waals surface area contributed by atoms with Gasteiger partial charge >= 0.3 is 0 Å². The molecule has 1 aliphatic carbocycles. The lowest BCUT2D eigenvalue weighted by Gasteiger charge is -2.33. The van der Waals surface area contributed by atoms with Crippen LogP contribution in [0.3, 0.4) is 0 Å². The summed E-state index contributed by atoms with van der Waals surface area (Å²) < 4.78 is 2.40. The monoisotopic (exact) mass is 263 g/mol. The van der Waals surface area contributed by atoms with Crippen LogP contribution in [0.25, 0.3) is 0 Å². The van der Waals surface area contributed by atoms with Gasteiger partial charge in [-0.3, -0.25) is 4.67 Å². The van der Waals surface area contributed by atoms with Gasteiger partial charge in [-0.25, -0.2) is 0 Å². The predicted molar refractivity (Wildman–Crippen MR) is 80.0 cm³/mol. The summed E-state index contributed by atoms with van der Waals surface area (Å²) in [6, 6.07) is 0.710. The second kappa shape index (κ2) is 6.66. The molecule has 4 heteroatoms. The molecule has 0 heterocycles. The van der Waals surface area contributed by atoms with Crippen LogP contribution in [-0.4, -0.2) is 48.7 Å². The summed E-state index contributed by atoms with van der Waals surface area (Å²) >= 11 is 0. The van der Waals surface area contributed by atoms with Crippen LogP contribution in [0.5, 0.6) is 0 Å². The minimum Gasteiger partial charge on any atom is -0.258 e. The summed E-state index contributed by atoms with van der Waals surface area (Å²) in [6.07, 6.45) is 6.92. The maximum absolute atomic E-state index is 3.98. The predicted octanol–water partition coefficient (Wildman–Crippen LogP) is 3.36. The highest BCUT2D eigenvalue weighted by atomic mass is 31.1. The topological polar surface area (TPSA) is 3.24 Å². The molecular weight excluding hydrogens is 239 g/mol. The van der Waals surface area contributed by atoms with Gasteiger partial charge in [-0.15, -0.1) is 17.2 Å². The normalized spacial score (nSPS) is 35.4. The highest BCUT2D eigenvalue weighted by Crippen LogP contribution is 2.47. The van der Waals surface area contributed by atoms with Crippen LogP contribution < -0.4 is 0 Å². The molecule has 1 nitrogen and oxygen atoms in total. The first kappa shape index (κ1) is 14.1. The molecule has 0 N–H and O–H groups in total. The molecular formula is C11H24NP3. The molecule has 0 aromatic rings. The number of hydrogen-bond donors (Lipinski definition) is 0. The second-order valence-electron chi connectivity index (χ2n) is 4.40. The van der Waals surface area contributed by atoms with E-state index in [-0.39, 0.29) is 0 Å². The molecule has 0 amide bonds. The van der Waals surface area contributed by atoms with Gasteiger partial charge in [0.15, 0.2) is 0 Å². The molecule has 1 rings (SSSR count). The van der Waals surface area contributed by atoms with E-state index in [4.69, 9.17) is 0 Å². The maximum atomic E-state index is 3.98. The average Bonchev–Trinajstić information content (AvgIpc) is 2.69. The first-order valence-electron chi connectivity index (χ1n) is 5.69. The maximum Gasteiger partial charge on any atom is 0.0188 e. The second-order valence-corrected chi connectivity index (χ2v) is 7.95. The summed E-state index contributed by atoms with van der Waals surface area (Å²) in [4.78, 5) is 0. The zero-order chi connectivity index (χ0) is 11.4. The lowest BCUT2D eigenvalue weighted by molar-refractivity contribution is 0.316. The van der Waals surface area contributed by atoms with Crippen molar-refractivity contribution in [3.63, 3.8) is 0 Å². The van der Waals surface area contributed by atoms with Crippen molar-refractivity contribution in [2.24, 2.45) is 5.92 Å². The Morgan fingerprint density at radius 1 is 1.27 bits per heavy atom. The Labute approximate surface area is 100 Å². The standard InChI is InChI=1S/C11H24NP3/c1-8(12(2)15-5)11-9(13-3)6-7-10(11)14-4/h8-11,13-14H,5-7H2,1-4H3. The summed E-state index contributed by atoms with van der Waals surface area (Å²) in [5, 5.41) is 0. The van der Waals surface area contributed by atoms with E-state index in [9.17, 15) is 0 Å². The molecule has 1 aliphatic rings. The Kier molecular flexibility index (Phi) is 6.24. The van der Waals surface area contributed by atoms with Crippen molar-refractivity contribution in [2.75, 3.05) is 20.4 Å². The molecule has 5 atom stereocenters. The molecule has 0 aliphatic heterocycles. The van der Waals surface area contributed by atoms with Crippen LogP contribution in [0, 0.1) is 5.92 Å². The number of rotatable bonds is 5. The summed E-state index contributed by atoms with van der Waals surface area (Å²) in [5.74, 6) is 0.927. The number of hydrogen-bond acceptors (Lipinski definition) is 1. The zero-order valence-corrected chi connectivity index (χ0v) is 13.2. The quantitative estimate of drug-likeness (QED) is 0.687. The van der Waals surface area contributed by atoms with Crippen LogP contribution in [0.2, 0.25) is 0 Å². The van der Waals surface area contributed by atoms with E-state index < -0.39 is 0 Å². The zero-order valence-electron chi connectivity index (χ0n) is 10.3. The van der Waals surface area contributed by atoms with Crippen molar-refractivity contribution in [3.8, 4) is 0 Å². The molecule has 0 saturated heterocycles. The van der Waals surface area contributed by atoms with E-state index in [0.717, 1.165) is 34.4 Å². The molecule has 1 saturated carbocycles. The van der Waals surface area contributed by atoms with Crippen molar-refractivity contribution in [2.45, 2.75) is 37.1 Å². The Hall–Kier alpha value is 0.990. The van der Waals surface area contributed by atoms with Gasteiger partial charge in [0.05, 0.1) is 0 Å². The molecule has 0 aromatic heterocycles. The molecule has 0 aromatic carbocycles. The highest BCUT2D eigenvalue weighted by molar-refractivity contribution is 7.39. The van der Waals surface area contributed by atoms with Crippen LogP contribution in [0.4, 0.5) is 0 Å². The smallest absolute Gasteiger partial charge is 0.0188 e. The van der Waals surface area contributed by atoms with Gasteiger partial charge < -0.3 is 0 Å². The Balaban J connectivity index is 2.72. The van der Waals surface area contributed by atoms with E-state index in [1.165, 1.54) is 21.2 Å². The summed E-state index contributed by atoms with van der Waals surface area (Å²) in [5.41, 5.74) is 1.98. The van der Waals surface area contributed by atoms with Crippen LogP contribution in [0.1, 0.15) is 19.8 Å². The van der Waals surface area contributed by atoms with Crippen LogP contribution in [-0.2, 0) is 0 Å². The van der Waals surface area contributed by atoms with Gasteiger partial charge in [-0.1, -0.05) is 6.30 Å². The van der Waals surface area contributed by atoms with Crippen LogP contribution >= 0.6 is 25.5 Å². The van der Waals surface area contributed by atoms with E-state index in [0.29, 0.717) is 6.04 Å². The van der Waals surface area contributed by atoms with Gasteiger partial charge in [-0.05, 0) is 65.7 Å². The lowest BCUT2D eigenvalue weighted by Crippen LogP contribution is -2.36. The molecule has 0 spiro atoms. The van der Waals surface area contributed by atoms with Crippen molar-refractivity contribution in [1.82, 2.24) is 4.67 Å². The third-order valence-electron chi connectivity index (χ3n) is 3.83. The van der Waals surface area contributed by atoms with Crippen LogP contribution in [0.15, 0.2) is 0 Å². The molecule has 0 radical (unpaired) electrons. The first-order valence-corrected chi connectivity index (χ1v) is 9.88. The summed E-state index contributed by atoms with van der Waals surface area (Å²) in [6.45, 7) is 7.16. The fraction of sp³-hybridized carbons (Fsp3) is 0.909. The third-order valence-corrected chi connectivity index (χ3v) is 7.47. The van der Waals surface area contributed by atoms with Crippen molar-refractivity contribution < 1.29 is 0 Å². The SMILES string of the molecule is C=PN(C)C(C)C1C(PC)CCC1PC. The molecule has 1 fully saturated rings. The Morgan fingerprint density at radius 2 is 1.73 bits per heavy atom. The van der Waals surface area contributed by atoms with E-state index in [2.05, 4.69) is 38.3 Å². The fourth-order valence-corrected chi connectivity index (χ4v) is 6.05. The van der Waals surface area contributed by atoms with Crippen molar-refractivity contribution in [3.05, 3.63) is 0 Å². The van der Waals surface area contributed by atoms with E-state index >= 15 is 0 Å². The largest absolute Gasteiger partial charge is 0.258 e. The minimum atomic E-state index is 0.710. The summed E-state index contributed by atoms with van der Waals surface area (Å²) in [7, 11) is 5.63. The van der Waals surface area contributed by atoms with Gasteiger partial charge in [0.2, 0.25) is 0 Å². The minimum absolute atomic E-state index is 0.710.